The lowest BCUT2D eigenvalue weighted by atomic mass is 10.1. The van der Waals surface area contributed by atoms with Gasteiger partial charge in [-0.25, -0.2) is 0 Å². The predicted octanol–water partition coefficient (Wildman–Crippen LogP) is 1.97. The minimum absolute atomic E-state index is 0.0347. The maximum atomic E-state index is 12.1. The molecule has 1 amide bonds. The van der Waals surface area contributed by atoms with Crippen molar-refractivity contribution in [3.63, 3.8) is 0 Å². The number of carbonyl (C=O) groups is 1. The Kier molecular flexibility index (Phi) is 3.39. The second-order valence-corrected chi connectivity index (χ2v) is 5.13. The minimum Gasteiger partial charge on any atom is -0.508 e. The zero-order chi connectivity index (χ0) is 11.5. The van der Waals surface area contributed by atoms with Gasteiger partial charge in [0.1, 0.15) is 5.75 Å². The molecule has 1 aliphatic rings. The van der Waals surface area contributed by atoms with E-state index in [1.165, 1.54) is 0 Å². The molecule has 1 fully saturated rings. The van der Waals surface area contributed by atoms with E-state index in [0.717, 1.165) is 17.9 Å². The number of hydrogen-bond donors (Lipinski definition) is 1. The molecule has 0 saturated carbocycles. The third-order valence-electron chi connectivity index (χ3n) is 2.89. The third-order valence-corrected chi connectivity index (χ3v) is 4.03. The standard InChI is InChI=1S/C12H15NO2S/c1-13(10-6-7-16-8-10)12(15)9-2-4-11(14)5-3-9/h2-5,10,14H,6-8H2,1H3. The molecule has 0 bridgehead atoms. The van der Waals surface area contributed by atoms with E-state index in [2.05, 4.69) is 0 Å². The summed E-state index contributed by atoms with van der Waals surface area (Å²) in [6, 6.07) is 6.77. The number of phenolic OH excluding ortho intramolecular Hbond substituents is 1. The van der Waals surface area contributed by atoms with Crippen LogP contribution < -0.4 is 0 Å². The van der Waals surface area contributed by atoms with Crippen molar-refractivity contribution < 1.29 is 9.90 Å². The van der Waals surface area contributed by atoms with Crippen molar-refractivity contribution in [3.8, 4) is 5.75 Å². The van der Waals surface area contributed by atoms with Gasteiger partial charge in [0, 0.05) is 24.4 Å². The topological polar surface area (TPSA) is 40.5 Å². The van der Waals surface area contributed by atoms with E-state index in [4.69, 9.17) is 5.11 Å². The molecule has 0 aliphatic carbocycles. The summed E-state index contributed by atoms with van der Waals surface area (Å²) in [6.45, 7) is 0. The number of rotatable bonds is 2. The van der Waals surface area contributed by atoms with E-state index >= 15 is 0 Å². The lowest BCUT2D eigenvalue weighted by Gasteiger charge is -2.23. The largest absolute Gasteiger partial charge is 0.508 e. The summed E-state index contributed by atoms with van der Waals surface area (Å²) in [7, 11) is 1.85. The van der Waals surface area contributed by atoms with Crippen molar-refractivity contribution in [1.29, 1.82) is 0 Å². The first-order chi connectivity index (χ1) is 7.68. The molecule has 1 heterocycles. The molecule has 86 valence electrons. The number of aromatic hydroxyl groups is 1. The summed E-state index contributed by atoms with van der Waals surface area (Å²) in [6.07, 6.45) is 1.07. The Morgan fingerprint density at radius 2 is 2.12 bits per heavy atom. The summed E-state index contributed by atoms with van der Waals surface area (Å²) < 4.78 is 0. The first-order valence-electron chi connectivity index (χ1n) is 5.32. The van der Waals surface area contributed by atoms with Gasteiger partial charge in [0.2, 0.25) is 0 Å². The normalized spacial score (nSPS) is 19.7. The van der Waals surface area contributed by atoms with E-state index in [1.54, 1.807) is 24.3 Å². The molecular formula is C12H15NO2S. The number of hydrogen-bond acceptors (Lipinski definition) is 3. The van der Waals surface area contributed by atoms with Crippen LogP contribution in [0, 0.1) is 0 Å². The molecule has 1 aliphatic heterocycles. The van der Waals surface area contributed by atoms with Crippen LogP contribution in [-0.2, 0) is 0 Å². The molecule has 1 aromatic carbocycles. The molecule has 2 rings (SSSR count). The molecule has 1 atom stereocenters. The fourth-order valence-corrected chi connectivity index (χ4v) is 3.07. The number of nitrogens with zero attached hydrogens (tertiary/aromatic N) is 1. The number of benzene rings is 1. The van der Waals surface area contributed by atoms with Crippen molar-refractivity contribution in [1.82, 2.24) is 4.90 Å². The molecule has 3 nitrogen and oxygen atoms in total. The minimum atomic E-state index is 0.0347. The highest BCUT2D eigenvalue weighted by atomic mass is 32.2. The highest BCUT2D eigenvalue weighted by Gasteiger charge is 2.24. The van der Waals surface area contributed by atoms with Crippen LogP contribution >= 0.6 is 11.8 Å². The lowest BCUT2D eigenvalue weighted by molar-refractivity contribution is 0.0748. The van der Waals surface area contributed by atoms with Gasteiger partial charge in [0.25, 0.3) is 5.91 Å². The van der Waals surface area contributed by atoms with E-state index in [-0.39, 0.29) is 11.7 Å². The van der Waals surface area contributed by atoms with Crippen LogP contribution in [0.3, 0.4) is 0 Å². The van der Waals surface area contributed by atoms with Gasteiger partial charge in [0.15, 0.2) is 0 Å². The number of amides is 1. The monoisotopic (exact) mass is 237 g/mol. The fraction of sp³-hybridized carbons (Fsp3) is 0.417. The first-order valence-corrected chi connectivity index (χ1v) is 6.48. The van der Waals surface area contributed by atoms with E-state index in [1.807, 2.05) is 23.7 Å². The Balaban J connectivity index is 2.08. The lowest BCUT2D eigenvalue weighted by Crippen LogP contribution is -2.36. The van der Waals surface area contributed by atoms with Crippen molar-refractivity contribution in [2.75, 3.05) is 18.6 Å². The molecule has 0 aromatic heterocycles. The highest BCUT2D eigenvalue weighted by molar-refractivity contribution is 7.99. The van der Waals surface area contributed by atoms with Crippen molar-refractivity contribution >= 4 is 17.7 Å². The van der Waals surface area contributed by atoms with Gasteiger partial charge in [0.05, 0.1) is 0 Å². The van der Waals surface area contributed by atoms with Gasteiger partial charge < -0.3 is 10.0 Å². The van der Waals surface area contributed by atoms with E-state index in [9.17, 15) is 4.79 Å². The molecule has 0 radical (unpaired) electrons. The molecule has 16 heavy (non-hydrogen) atoms. The second kappa shape index (κ2) is 4.78. The van der Waals surface area contributed by atoms with Crippen LogP contribution in [-0.4, -0.2) is 40.5 Å². The van der Waals surface area contributed by atoms with Gasteiger partial charge in [-0.1, -0.05) is 0 Å². The molecule has 1 aromatic rings. The van der Waals surface area contributed by atoms with Gasteiger partial charge in [-0.3, -0.25) is 4.79 Å². The average molecular weight is 237 g/mol. The summed E-state index contributed by atoms with van der Waals surface area (Å²) >= 11 is 1.89. The quantitative estimate of drug-likeness (QED) is 0.855. The maximum absolute atomic E-state index is 12.1. The molecule has 0 spiro atoms. The zero-order valence-electron chi connectivity index (χ0n) is 9.22. The maximum Gasteiger partial charge on any atom is 0.253 e. The number of phenols is 1. The third kappa shape index (κ3) is 2.32. The Hall–Kier alpha value is -1.16. The molecule has 1 saturated heterocycles. The van der Waals surface area contributed by atoms with Crippen molar-refractivity contribution in [2.24, 2.45) is 0 Å². The smallest absolute Gasteiger partial charge is 0.253 e. The Morgan fingerprint density at radius 3 is 2.69 bits per heavy atom. The highest BCUT2D eigenvalue weighted by Crippen LogP contribution is 2.22. The zero-order valence-corrected chi connectivity index (χ0v) is 10.0. The Labute approximate surface area is 99.5 Å². The van der Waals surface area contributed by atoms with Crippen LogP contribution in [0.4, 0.5) is 0 Å². The second-order valence-electron chi connectivity index (χ2n) is 3.98. The molecule has 4 heteroatoms. The summed E-state index contributed by atoms with van der Waals surface area (Å²) in [4.78, 5) is 13.9. The summed E-state index contributed by atoms with van der Waals surface area (Å²) in [5.74, 6) is 2.39. The van der Waals surface area contributed by atoms with Crippen LogP contribution in [0.15, 0.2) is 24.3 Å². The van der Waals surface area contributed by atoms with Gasteiger partial charge in [-0.15, -0.1) is 0 Å². The Bertz CT molecular complexity index is 371. The van der Waals surface area contributed by atoms with Crippen molar-refractivity contribution in [2.45, 2.75) is 12.5 Å². The number of thioether (sulfide) groups is 1. The van der Waals surface area contributed by atoms with Gasteiger partial charge in [-0.2, -0.15) is 11.8 Å². The van der Waals surface area contributed by atoms with Crippen LogP contribution in [0.2, 0.25) is 0 Å². The van der Waals surface area contributed by atoms with Crippen LogP contribution in [0.25, 0.3) is 0 Å². The molecular weight excluding hydrogens is 222 g/mol. The van der Waals surface area contributed by atoms with Crippen molar-refractivity contribution in [3.05, 3.63) is 29.8 Å². The first kappa shape index (κ1) is 11.3. The summed E-state index contributed by atoms with van der Waals surface area (Å²) in [5.41, 5.74) is 0.636. The van der Waals surface area contributed by atoms with Crippen LogP contribution in [0.5, 0.6) is 5.75 Å². The van der Waals surface area contributed by atoms with Crippen LogP contribution in [0.1, 0.15) is 16.8 Å². The Morgan fingerprint density at radius 1 is 1.44 bits per heavy atom. The molecule has 1 N–H and O–H groups in total. The average Bonchev–Trinajstić information content (AvgIpc) is 2.81. The van der Waals surface area contributed by atoms with E-state index < -0.39 is 0 Å². The van der Waals surface area contributed by atoms with Gasteiger partial charge >= 0.3 is 0 Å². The SMILES string of the molecule is CN(C(=O)c1ccc(O)cc1)C1CCSC1. The number of carbonyl (C=O) groups excluding carboxylic acids is 1. The summed E-state index contributed by atoms with van der Waals surface area (Å²) in [5, 5.41) is 9.16. The predicted molar refractivity (Wildman–Crippen MR) is 65.9 cm³/mol. The van der Waals surface area contributed by atoms with E-state index in [0.29, 0.717) is 11.6 Å². The molecule has 1 unspecified atom stereocenters. The van der Waals surface area contributed by atoms with Gasteiger partial charge in [-0.05, 0) is 36.4 Å². The fourth-order valence-electron chi connectivity index (χ4n) is 1.80.